The lowest BCUT2D eigenvalue weighted by Crippen LogP contribution is -2.50. The Morgan fingerprint density at radius 2 is 2.12 bits per heavy atom. The predicted molar refractivity (Wildman–Crippen MR) is 87.5 cm³/mol. The molecule has 4 rings (SSSR count). The van der Waals surface area contributed by atoms with Gasteiger partial charge in [0.25, 0.3) is 5.91 Å². The zero-order chi connectivity index (χ0) is 16.5. The molecule has 126 valence electrons. The minimum absolute atomic E-state index is 0.0689. The first kappa shape index (κ1) is 15.4. The number of hydrogen-bond acceptors (Lipinski definition) is 5. The largest absolute Gasteiger partial charge is 0.373 e. The van der Waals surface area contributed by atoms with Gasteiger partial charge in [-0.3, -0.25) is 9.69 Å². The van der Waals surface area contributed by atoms with Crippen molar-refractivity contribution < 1.29 is 14.1 Å². The molecule has 2 saturated heterocycles. The molecule has 2 fully saturated rings. The van der Waals surface area contributed by atoms with E-state index in [9.17, 15) is 4.79 Å². The number of fused-ring (bicyclic) bond motifs is 1. The molecule has 24 heavy (non-hydrogen) atoms. The van der Waals surface area contributed by atoms with Gasteiger partial charge in [-0.2, -0.15) is 0 Å². The molecule has 0 aliphatic carbocycles. The zero-order valence-corrected chi connectivity index (χ0v) is 13.7. The third-order valence-electron chi connectivity index (χ3n) is 4.78. The quantitative estimate of drug-likeness (QED) is 0.859. The second-order valence-electron chi connectivity index (χ2n) is 6.47. The molecule has 1 amide bonds. The molecule has 3 heterocycles. The normalized spacial score (nSPS) is 24.1. The fraction of sp³-hybridized carbons (Fsp3) is 0.444. The molecule has 2 aromatic rings. The summed E-state index contributed by atoms with van der Waals surface area (Å²) in [7, 11) is 0. The first-order chi connectivity index (χ1) is 11.7. The topological polar surface area (TPSA) is 58.8 Å². The van der Waals surface area contributed by atoms with Gasteiger partial charge in [0.1, 0.15) is 5.76 Å². The molecular weight excluding hydrogens is 306 g/mol. The molecule has 6 heteroatoms. The van der Waals surface area contributed by atoms with Crippen molar-refractivity contribution in [3.63, 3.8) is 0 Å². The van der Waals surface area contributed by atoms with Crippen LogP contribution in [0.5, 0.6) is 0 Å². The van der Waals surface area contributed by atoms with Crippen molar-refractivity contribution in [2.75, 3.05) is 26.2 Å². The summed E-state index contributed by atoms with van der Waals surface area (Å²) >= 11 is 0. The van der Waals surface area contributed by atoms with Gasteiger partial charge in [-0.05, 0) is 12.5 Å². The summed E-state index contributed by atoms with van der Waals surface area (Å²) in [5.41, 5.74) is 1.66. The van der Waals surface area contributed by atoms with Crippen molar-refractivity contribution in [1.82, 2.24) is 15.0 Å². The summed E-state index contributed by atoms with van der Waals surface area (Å²) in [6, 6.07) is 12.3. The maximum absolute atomic E-state index is 12.6. The Bertz CT molecular complexity index is 715. The molecule has 0 N–H and O–H groups in total. The van der Waals surface area contributed by atoms with Crippen molar-refractivity contribution in [2.45, 2.75) is 25.6 Å². The number of nitrogens with zero attached hydrogens (tertiary/aromatic N) is 3. The van der Waals surface area contributed by atoms with Crippen LogP contribution in [0.1, 0.15) is 21.8 Å². The summed E-state index contributed by atoms with van der Waals surface area (Å²) in [6.45, 7) is 5.55. The van der Waals surface area contributed by atoms with E-state index in [0.717, 1.165) is 13.1 Å². The van der Waals surface area contributed by atoms with Crippen LogP contribution in [-0.4, -0.2) is 59.3 Å². The second kappa shape index (κ2) is 6.37. The van der Waals surface area contributed by atoms with Gasteiger partial charge in [0.05, 0.1) is 18.8 Å². The van der Waals surface area contributed by atoms with Crippen molar-refractivity contribution in [3.05, 3.63) is 53.4 Å². The first-order valence-corrected chi connectivity index (χ1v) is 8.33. The Morgan fingerprint density at radius 3 is 2.88 bits per heavy atom. The van der Waals surface area contributed by atoms with Crippen molar-refractivity contribution in [2.24, 2.45) is 0 Å². The van der Waals surface area contributed by atoms with Crippen LogP contribution in [0.15, 0.2) is 40.9 Å². The Kier molecular flexibility index (Phi) is 4.08. The number of amides is 1. The fourth-order valence-electron chi connectivity index (χ4n) is 3.57. The molecule has 2 aliphatic rings. The number of rotatable bonds is 3. The van der Waals surface area contributed by atoms with Gasteiger partial charge >= 0.3 is 0 Å². The summed E-state index contributed by atoms with van der Waals surface area (Å²) < 4.78 is 10.9. The number of morpholine rings is 1. The van der Waals surface area contributed by atoms with E-state index < -0.39 is 0 Å². The highest BCUT2D eigenvalue weighted by Gasteiger charge is 2.42. The number of carbonyl (C=O) groups excluding carboxylic acids is 1. The van der Waals surface area contributed by atoms with Crippen LogP contribution in [-0.2, 0) is 11.3 Å². The molecule has 0 unspecified atom stereocenters. The lowest BCUT2D eigenvalue weighted by Gasteiger charge is -2.36. The van der Waals surface area contributed by atoms with Crippen molar-refractivity contribution >= 4 is 5.91 Å². The van der Waals surface area contributed by atoms with E-state index in [0.29, 0.717) is 31.2 Å². The van der Waals surface area contributed by atoms with E-state index >= 15 is 0 Å². The minimum atomic E-state index is -0.0792. The Morgan fingerprint density at radius 1 is 1.29 bits per heavy atom. The molecule has 1 aromatic carbocycles. The van der Waals surface area contributed by atoms with Crippen LogP contribution in [0.25, 0.3) is 0 Å². The van der Waals surface area contributed by atoms with Crippen molar-refractivity contribution in [3.8, 4) is 0 Å². The van der Waals surface area contributed by atoms with Crippen LogP contribution in [0.2, 0.25) is 0 Å². The van der Waals surface area contributed by atoms with Crippen molar-refractivity contribution in [1.29, 1.82) is 0 Å². The summed E-state index contributed by atoms with van der Waals surface area (Å²) in [5, 5.41) is 3.84. The third-order valence-corrected chi connectivity index (χ3v) is 4.78. The van der Waals surface area contributed by atoms with Gasteiger partial charge in [0, 0.05) is 32.2 Å². The van der Waals surface area contributed by atoms with Crippen LogP contribution in [0.4, 0.5) is 0 Å². The smallest absolute Gasteiger partial charge is 0.276 e. The number of benzene rings is 1. The summed E-state index contributed by atoms with van der Waals surface area (Å²) in [4.78, 5) is 16.8. The lowest BCUT2D eigenvalue weighted by atomic mass is 10.1. The number of ether oxygens (including phenoxy) is 1. The number of aromatic nitrogens is 1. The molecule has 0 bridgehead atoms. The molecule has 1 aromatic heterocycles. The van der Waals surface area contributed by atoms with Crippen LogP contribution in [0.3, 0.4) is 0 Å². The average molecular weight is 327 g/mol. The van der Waals surface area contributed by atoms with Gasteiger partial charge < -0.3 is 14.2 Å². The van der Waals surface area contributed by atoms with E-state index in [4.69, 9.17) is 9.26 Å². The molecule has 0 radical (unpaired) electrons. The molecule has 2 aliphatic heterocycles. The maximum Gasteiger partial charge on any atom is 0.276 e. The SMILES string of the molecule is Cc1cc(C(=O)N2C[C@@H]3OCCN(Cc4ccccc4)[C@@H]3C2)no1. The summed E-state index contributed by atoms with van der Waals surface area (Å²) in [5.74, 6) is 0.571. The monoisotopic (exact) mass is 327 g/mol. The highest BCUT2D eigenvalue weighted by Crippen LogP contribution is 2.25. The first-order valence-electron chi connectivity index (χ1n) is 8.33. The van der Waals surface area contributed by atoms with E-state index in [1.165, 1.54) is 5.56 Å². The number of hydrogen-bond donors (Lipinski definition) is 0. The van der Waals surface area contributed by atoms with E-state index in [1.807, 2.05) is 11.0 Å². The maximum atomic E-state index is 12.6. The highest BCUT2D eigenvalue weighted by molar-refractivity contribution is 5.92. The van der Waals surface area contributed by atoms with Gasteiger partial charge in [0.2, 0.25) is 0 Å². The summed E-state index contributed by atoms with van der Waals surface area (Å²) in [6.07, 6.45) is 0.0689. The predicted octanol–water partition coefficient (Wildman–Crippen LogP) is 1.71. The number of likely N-dealkylation sites (tertiary alicyclic amines) is 1. The molecule has 6 nitrogen and oxygen atoms in total. The Labute approximate surface area is 141 Å². The molecule has 0 saturated carbocycles. The van der Waals surface area contributed by atoms with E-state index in [2.05, 4.69) is 34.3 Å². The average Bonchev–Trinajstić information content (AvgIpc) is 3.22. The highest BCUT2D eigenvalue weighted by atomic mass is 16.5. The molecule has 2 atom stereocenters. The van der Waals surface area contributed by atoms with Gasteiger partial charge in [-0.1, -0.05) is 35.5 Å². The second-order valence-corrected chi connectivity index (χ2v) is 6.47. The standard InChI is InChI=1S/C18H21N3O3/c1-13-9-15(19-24-13)18(22)21-11-16-17(12-21)23-8-7-20(16)10-14-5-3-2-4-6-14/h2-6,9,16-17H,7-8,10-12H2,1H3/t16-,17+/m1/s1. The number of aryl methyl sites for hydroxylation is 1. The van der Waals surface area contributed by atoms with Gasteiger partial charge in [-0.25, -0.2) is 0 Å². The zero-order valence-electron chi connectivity index (χ0n) is 13.7. The van der Waals surface area contributed by atoms with Gasteiger partial charge in [-0.15, -0.1) is 0 Å². The fourth-order valence-corrected chi connectivity index (χ4v) is 3.57. The van der Waals surface area contributed by atoms with Crippen LogP contribution < -0.4 is 0 Å². The Balaban J connectivity index is 1.47. The third kappa shape index (κ3) is 2.95. The van der Waals surface area contributed by atoms with E-state index in [-0.39, 0.29) is 18.1 Å². The number of carbonyl (C=O) groups is 1. The van der Waals surface area contributed by atoms with E-state index in [1.54, 1.807) is 13.0 Å². The lowest BCUT2D eigenvalue weighted by molar-refractivity contribution is -0.0503. The molecular formula is C18H21N3O3. The minimum Gasteiger partial charge on any atom is -0.373 e. The Hall–Kier alpha value is -2.18. The van der Waals surface area contributed by atoms with Crippen LogP contribution in [0, 0.1) is 6.92 Å². The molecule has 0 spiro atoms. The van der Waals surface area contributed by atoms with Gasteiger partial charge in [0.15, 0.2) is 5.69 Å². The van der Waals surface area contributed by atoms with Crippen LogP contribution >= 0.6 is 0 Å².